The van der Waals surface area contributed by atoms with Crippen LogP contribution in [0, 0.1) is 5.82 Å². The summed E-state index contributed by atoms with van der Waals surface area (Å²) < 4.78 is 23.3. The lowest BCUT2D eigenvalue weighted by molar-refractivity contribution is -0.149. The molecule has 0 fully saturated rings. The van der Waals surface area contributed by atoms with Crippen LogP contribution in [0.2, 0.25) is 0 Å². The van der Waals surface area contributed by atoms with Crippen LogP contribution in [-0.2, 0) is 9.53 Å². The molecule has 5 heteroatoms. The third-order valence-electron chi connectivity index (χ3n) is 2.18. The molecule has 0 bridgehead atoms. The van der Waals surface area contributed by atoms with Gasteiger partial charge in [-0.1, -0.05) is 6.07 Å². The molecule has 0 saturated carbocycles. The number of benzene rings is 1. The normalized spacial score (nSPS) is 12.3. The van der Waals surface area contributed by atoms with Gasteiger partial charge in [-0.05, 0) is 26.8 Å². The molecule has 18 heavy (non-hydrogen) atoms. The van der Waals surface area contributed by atoms with Gasteiger partial charge in [-0.15, -0.1) is 0 Å². The van der Waals surface area contributed by atoms with Crippen molar-refractivity contribution < 1.29 is 18.7 Å². The molecule has 1 atom stereocenters. The molecular weight excluding hydrogens is 237 g/mol. The zero-order valence-corrected chi connectivity index (χ0v) is 10.8. The second-order valence-electron chi connectivity index (χ2n) is 4.30. The number of halogens is 1. The SMILES string of the molecule is CC(C)OC(=O)COc1cc(F)ccc1C(C)N. The van der Waals surface area contributed by atoms with Crippen molar-refractivity contribution in [2.75, 3.05) is 6.61 Å². The van der Waals surface area contributed by atoms with Crippen molar-refractivity contribution in [3.8, 4) is 5.75 Å². The highest BCUT2D eigenvalue weighted by Crippen LogP contribution is 2.24. The lowest BCUT2D eigenvalue weighted by atomic mass is 10.1. The minimum atomic E-state index is -0.495. The van der Waals surface area contributed by atoms with Gasteiger partial charge in [0, 0.05) is 17.7 Å². The predicted molar refractivity (Wildman–Crippen MR) is 65.7 cm³/mol. The maximum Gasteiger partial charge on any atom is 0.344 e. The van der Waals surface area contributed by atoms with Crippen LogP contribution < -0.4 is 10.5 Å². The first kappa shape index (κ1) is 14.4. The van der Waals surface area contributed by atoms with E-state index in [2.05, 4.69) is 0 Å². The summed E-state index contributed by atoms with van der Waals surface area (Å²) >= 11 is 0. The van der Waals surface area contributed by atoms with Crippen molar-refractivity contribution >= 4 is 5.97 Å². The van der Waals surface area contributed by atoms with Crippen LogP contribution in [0.5, 0.6) is 5.75 Å². The smallest absolute Gasteiger partial charge is 0.344 e. The molecule has 0 heterocycles. The van der Waals surface area contributed by atoms with E-state index in [1.54, 1.807) is 26.8 Å². The Hall–Kier alpha value is -1.62. The molecule has 0 saturated heterocycles. The number of ether oxygens (including phenoxy) is 2. The van der Waals surface area contributed by atoms with E-state index < -0.39 is 11.8 Å². The number of hydrogen-bond donors (Lipinski definition) is 1. The fourth-order valence-corrected chi connectivity index (χ4v) is 1.44. The first-order valence-electron chi connectivity index (χ1n) is 5.77. The summed E-state index contributed by atoms with van der Waals surface area (Å²) in [7, 11) is 0. The molecule has 100 valence electrons. The zero-order valence-electron chi connectivity index (χ0n) is 10.8. The largest absolute Gasteiger partial charge is 0.481 e. The molecule has 0 aliphatic rings. The van der Waals surface area contributed by atoms with Crippen LogP contribution in [0.4, 0.5) is 4.39 Å². The van der Waals surface area contributed by atoms with Gasteiger partial charge in [0.05, 0.1) is 6.10 Å². The number of rotatable bonds is 5. The van der Waals surface area contributed by atoms with E-state index in [0.717, 1.165) is 0 Å². The molecule has 1 unspecified atom stereocenters. The number of esters is 1. The molecule has 2 N–H and O–H groups in total. The van der Waals surface area contributed by atoms with Gasteiger partial charge >= 0.3 is 5.97 Å². The van der Waals surface area contributed by atoms with Gasteiger partial charge in [-0.2, -0.15) is 0 Å². The third kappa shape index (κ3) is 4.33. The van der Waals surface area contributed by atoms with Crippen molar-refractivity contribution in [2.45, 2.75) is 32.9 Å². The first-order valence-corrected chi connectivity index (χ1v) is 5.77. The predicted octanol–water partition coefficient (Wildman–Crippen LogP) is 2.18. The molecule has 1 aromatic carbocycles. The summed E-state index contributed by atoms with van der Waals surface area (Å²) in [6.07, 6.45) is -0.207. The van der Waals surface area contributed by atoms with Gasteiger partial charge in [0.2, 0.25) is 0 Å². The van der Waals surface area contributed by atoms with Gasteiger partial charge in [0.1, 0.15) is 11.6 Å². The number of carbonyl (C=O) groups is 1. The van der Waals surface area contributed by atoms with Crippen molar-refractivity contribution in [2.24, 2.45) is 5.73 Å². The Morgan fingerprint density at radius 1 is 1.39 bits per heavy atom. The van der Waals surface area contributed by atoms with E-state index in [0.29, 0.717) is 5.56 Å². The molecular formula is C13H18FNO3. The van der Waals surface area contributed by atoms with Gasteiger partial charge in [0.15, 0.2) is 6.61 Å². The minimum absolute atomic E-state index is 0.207. The van der Waals surface area contributed by atoms with Crippen molar-refractivity contribution in [1.29, 1.82) is 0 Å². The lowest BCUT2D eigenvalue weighted by Crippen LogP contribution is -2.19. The fourth-order valence-electron chi connectivity index (χ4n) is 1.44. The van der Waals surface area contributed by atoms with Crippen molar-refractivity contribution in [3.05, 3.63) is 29.6 Å². The van der Waals surface area contributed by atoms with Crippen LogP contribution in [0.3, 0.4) is 0 Å². The monoisotopic (exact) mass is 255 g/mol. The van der Waals surface area contributed by atoms with E-state index in [9.17, 15) is 9.18 Å². The Labute approximate surface area is 106 Å². The summed E-state index contributed by atoms with van der Waals surface area (Å²) in [5, 5.41) is 0. The molecule has 0 spiro atoms. The molecule has 0 aliphatic heterocycles. The summed E-state index contributed by atoms with van der Waals surface area (Å²) in [6.45, 7) is 4.98. The topological polar surface area (TPSA) is 61.5 Å². The molecule has 0 amide bonds. The Morgan fingerprint density at radius 2 is 2.06 bits per heavy atom. The Morgan fingerprint density at radius 3 is 2.61 bits per heavy atom. The second kappa shape index (κ2) is 6.35. The van der Waals surface area contributed by atoms with Crippen LogP contribution in [0.15, 0.2) is 18.2 Å². The number of nitrogens with two attached hydrogens (primary N) is 1. The molecule has 0 aromatic heterocycles. The molecule has 0 aliphatic carbocycles. The molecule has 4 nitrogen and oxygen atoms in total. The Kier molecular flexibility index (Phi) is 5.09. The van der Waals surface area contributed by atoms with E-state index in [1.165, 1.54) is 12.1 Å². The van der Waals surface area contributed by atoms with Crippen LogP contribution in [0.1, 0.15) is 32.4 Å². The minimum Gasteiger partial charge on any atom is -0.481 e. The first-order chi connectivity index (χ1) is 8.40. The van der Waals surface area contributed by atoms with Crippen molar-refractivity contribution in [3.63, 3.8) is 0 Å². The Bertz CT molecular complexity index is 419. The van der Waals surface area contributed by atoms with E-state index >= 15 is 0 Å². The maximum atomic E-state index is 13.1. The summed E-state index contributed by atoms with van der Waals surface area (Å²) in [4.78, 5) is 11.3. The summed E-state index contributed by atoms with van der Waals surface area (Å²) in [5.74, 6) is -0.665. The van der Waals surface area contributed by atoms with Gasteiger partial charge < -0.3 is 15.2 Å². The molecule has 0 radical (unpaired) electrons. The summed E-state index contributed by atoms with van der Waals surface area (Å²) in [5.41, 5.74) is 6.38. The molecule has 1 rings (SSSR count). The fraction of sp³-hybridized carbons (Fsp3) is 0.462. The van der Waals surface area contributed by atoms with E-state index in [1.807, 2.05) is 0 Å². The highest BCUT2D eigenvalue weighted by Gasteiger charge is 2.12. The Balaban J connectivity index is 2.71. The zero-order chi connectivity index (χ0) is 13.7. The quantitative estimate of drug-likeness (QED) is 0.819. The van der Waals surface area contributed by atoms with E-state index in [4.69, 9.17) is 15.2 Å². The molecule has 1 aromatic rings. The second-order valence-corrected chi connectivity index (χ2v) is 4.30. The lowest BCUT2D eigenvalue weighted by Gasteiger charge is -2.14. The average molecular weight is 255 g/mol. The standard InChI is InChI=1S/C13H18FNO3/c1-8(2)18-13(16)7-17-12-6-10(14)4-5-11(12)9(3)15/h4-6,8-9H,7,15H2,1-3H3. The average Bonchev–Trinajstić information content (AvgIpc) is 2.25. The van der Waals surface area contributed by atoms with E-state index in [-0.39, 0.29) is 24.5 Å². The maximum absolute atomic E-state index is 13.1. The van der Waals surface area contributed by atoms with Gasteiger partial charge in [-0.3, -0.25) is 0 Å². The highest BCUT2D eigenvalue weighted by atomic mass is 19.1. The van der Waals surface area contributed by atoms with Crippen LogP contribution in [-0.4, -0.2) is 18.7 Å². The van der Waals surface area contributed by atoms with Crippen LogP contribution in [0.25, 0.3) is 0 Å². The van der Waals surface area contributed by atoms with Crippen molar-refractivity contribution in [1.82, 2.24) is 0 Å². The summed E-state index contributed by atoms with van der Waals surface area (Å²) in [6, 6.07) is 3.75. The van der Waals surface area contributed by atoms with Crippen LogP contribution >= 0.6 is 0 Å². The highest BCUT2D eigenvalue weighted by molar-refractivity contribution is 5.71. The third-order valence-corrected chi connectivity index (χ3v) is 2.18. The van der Waals surface area contributed by atoms with Gasteiger partial charge in [0.25, 0.3) is 0 Å². The van der Waals surface area contributed by atoms with Gasteiger partial charge in [-0.25, -0.2) is 9.18 Å². The number of hydrogen-bond acceptors (Lipinski definition) is 4. The number of carbonyl (C=O) groups excluding carboxylic acids is 1.